The second-order valence-electron chi connectivity index (χ2n) is 13.7. The number of hydrogen-bond acceptors (Lipinski definition) is 10. The number of esters is 1. The maximum Gasteiger partial charge on any atom is 0.328 e. The minimum atomic E-state index is -1.22. The number of oxime groups is 1. The van der Waals surface area contributed by atoms with Crippen molar-refractivity contribution in [2.75, 3.05) is 13.7 Å². The van der Waals surface area contributed by atoms with Crippen LogP contribution in [0.1, 0.15) is 77.7 Å². The molecule has 4 aliphatic rings. The van der Waals surface area contributed by atoms with Gasteiger partial charge in [-0.15, -0.1) is 0 Å². The molecular formula is C33H43N3O9. The van der Waals surface area contributed by atoms with Gasteiger partial charge in [0.15, 0.2) is 18.1 Å². The summed E-state index contributed by atoms with van der Waals surface area (Å²) in [5.41, 5.74) is 0.345. The number of aromatic hydroxyl groups is 1. The van der Waals surface area contributed by atoms with E-state index in [1.54, 1.807) is 0 Å². The molecule has 0 unspecified atom stereocenters. The Bertz CT molecular complexity index is 1460. The first-order valence-electron chi connectivity index (χ1n) is 15.7. The zero-order valence-corrected chi connectivity index (χ0v) is 26.3. The van der Waals surface area contributed by atoms with Gasteiger partial charge in [-0.25, -0.2) is 4.79 Å². The fourth-order valence-corrected chi connectivity index (χ4v) is 9.06. The van der Waals surface area contributed by atoms with E-state index in [0.717, 1.165) is 56.4 Å². The Balaban J connectivity index is 1.20. The van der Waals surface area contributed by atoms with E-state index in [-0.39, 0.29) is 23.0 Å². The number of nitro groups is 1. The van der Waals surface area contributed by atoms with Gasteiger partial charge in [-0.2, -0.15) is 0 Å². The number of ether oxygens (including phenoxy) is 1. The summed E-state index contributed by atoms with van der Waals surface area (Å²) in [6, 6.07) is 2.60. The number of allylic oxidation sites excluding steroid dienone is 2. The number of methoxy groups -OCH3 is 1. The monoisotopic (exact) mass is 625 g/mol. The molecule has 1 amide bonds. The summed E-state index contributed by atoms with van der Waals surface area (Å²) < 4.78 is 4.79. The quantitative estimate of drug-likeness (QED) is 0.207. The number of nitrogens with one attached hydrogen (secondary N) is 1. The number of nitro benzene ring substituents is 1. The van der Waals surface area contributed by atoms with Crippen LogP contribution in [-0.2, 0) is 30.4 Å². The summed E-state index contributed by atoms with van der Waals surface area (Å²) in [5.74, 6) is -0.674. The highest BCUT2D eigenvalue weighted by Crippen LogP contribution is 2.67. The van der Waals surface area contributed by atoms with E-state index < -0.39 is 46.5 Å². The van der Waals surface area contributed by atoms with E-state index in [2.05, 4.69) is 30.4 Å². The number of phenols is 1. The Morgan fingerprint density at radius 2 is 1.87 bits per heavy atom. The summed E-state index contributed by atoms with van der Waals surface area (Å²) in [4.78, 5) is 53.3. The Hall–Kier alpha value is -3.80. The molecule has 0 radical (unpaired) electrons. The molecule has 3 N–H and O–H groups in total. The highest BCUT2D eigenvalue weighted by atomic mass is 16.6. The van der Waals surface area contributed by atoms with Crippen LogP contribution in [0.15, 0.2) is 35.0 Å². The molecule has 0 aliphatic heterocycles. The van der Waals surface area contributed by atoms with Crippen LogP contribution in [-0.4, -0.2) is 63.9 Å². The molecule has 0 bridgehead atoms. The molecule has 0 heterocycles. The molecule has 5 rings (SSSR count). The lowest BCUT2D eigenvalue weighted by Gasteiger charge is -2.59. The number of Topliss-reactive ketones (excluding diaryl/α,β-unsaturated/α-hetero) is 1. The molecule has 0 saturated heterocycles. The third kappa shape index (κ3) is 5.73. The normalized spacial score (nSPS) is 33.6. The zero-order valence-electron chi connectivity index (χ0n) is 26.3. The van der Waals surface area contributed by atoms with Crippen molar-refractivity contribution in [3.63, 3.8) is 0 Å². The molecular weight excluding hydrogens is 582 g/mol. The van der Waals surface area contributed by atoms with Crippen molar-refractivity contribution in [1.29, 1.82) is 0 Å². The molecule has 0 aromatic heterocycles. The fourth-order valence-electron chi connectivity index (χ4n) is 9.06. The molecule has 0 spiro atoms. The van der Waals surface area contributed by atoms with Crippen LogP contribution in [0.5, 0.6) is 5.75 Å². The summed E-state index contributed by atoms with van der Waals surface area (Å²) in [5, 5.41) is 39.0. The first kappa shape index (κ1) is 32.6. The molecule has 12 heteroatoms. The zero-order chi connectivity index (χ0) is 32.7. The lowest BCUT2D eigenvalue weighted by atomic mass is 9.46. The van der Waals surface area contributed by atoms with Crippen molar-refractivity contribution in [2.45, 2.75) is 90.2 Å². The lowest BCUT2D eigenvalue weighted by molar-refractivity contribution is -0.385. The van der Waals surface area contributed by atoms with Crippen LogP contribution < -0.4 is 5.32 Å². The fraction of sp³-hybridized carbons (Fsp3) is 0.636. The van der Waals surface area contributed by atoms with E-state index in [4.69, 9.17) is 9.57 Å². The lowest BCUT2D eigenvalue weighted by Crippen LogP contribution is -2.57. The van der Waals surface area contributed by atoms with Gasteiger partial charge < -0.3 is 25.1 Å². The Morgan fingerprint density at radius 1 is 1.13 bits per heavy atom. The molecule has 3 saturated carbocycles. The van der Waals surface area contributed by atoms with E-state index in [9.17, 15) is 34.7 Å². The second-order valence-corrected chi connectivity index (χ2v) is 13.7. The molecule has 45 heavy (non-hydrogen) atoms. The number of carbonyl (C=O) groups excluding carboxylic acids is 3. The van der Waals surface area contributed by atoms with Gasteiger partial charge in [0.1, 0.15) is 11.6 Å². The van der Waals surface area contributed by atoms with Crippen molar-refractivity contribution in [2.24, 2.45) is 33.7 Å². The van der Waals surface area contributed by atoms with E-state index in [0.29, 0.717) is 36.2 Å². The first-order chi connectivity index (χ1) is 21.2. The maximum atomic E-state index is 12.7. The van der Waals surface area contributed by atoms with Gasteiger partial charge >= 0.3 is 11.7 Å². The van der Waals surface area contributed by atoms with Crippen LogP contribution >= 0.6 is 0 Å². The van der Waals surface area contributed by atoms with Gasteiger partial charge in [-0.3, -0.25) is 19.7 Å². The molecule has 1 aromatic carbocycles. The van der Waals surface area contributed by atoms with Crippen molar-refractivity contribution in [3.8, 4) is 5.75 Å². The van der Waals surface area contributed by atoms with E-state index >= 15 is 0 Å². The third-order valence-corrected chi connectivity index (χ3v) is 11.6. The topological polar surface area (TPSA) is 178 Å². The van der Waals surface area contributed by atoms with Gasteiger partial charge in [-0.1, -0.05) is 30.6 Å². The summed E-state index contributed by atoms with van der Waals surface area (Å²) in [6.07, 6.45) is 8.78. The number of rotatable bonds is 9. The van der Waals surface area contributed by atoms with Crippen molar-refractivity contribution < 1.29 is 39.1 Å². The van der Waals surface area contributed by atoms with Crippen LogP contribution in [0.25, 0.3) is 0 Å². The van der Waals surface area contributed by atoms with Crippen molar-refractivity contribution >= 4 is 29.1 Å². The number of fused-ring (bicyclic) bond motifs is 5. The van der Waals surface area contributed by atoms with Crippen molar-refractivity contribution in [3.05, 3.63) is 45.5 Å². The molecule has 4 aliphatic carbocycles. The first-order valence-corrected chi connectivity index (χ1v) is 15.7. The molecule has 244 valence electrons. The largest absolute Gasteiger partial charge is 0.502 e. The number of benzene rings is 1. The summed E-state index contributed by atoms with van der Waals surface area (Å²) >= 11 is 0. The Morgan fingerprint density at radius 3 is 2.56 bits per heavy atom. The smallest absolute Gasteiger partial charge is 0.328 e. The second kappa shape index (κ2) is 12.2. The van der Waals surface area contributed by atoms with E-state index in [1.807, 2.05) is 0 Å². The predicted octanol–water partition coefficient (Wildman–Crippen LogP) is 4.16. The maximum absolute atomic E-state index is 12.7. The number of ketones is 1. The van der Waals surface area contributed by atoms with Gasteiger partial charge in [0.05, 0.1) is 17.7 Å². The van der Waals surface area contributed by atoms with E-state index in [1.165, 1.54) is 25.7 Å². The number of carbonyl (C=O) groups is 3. The predicted molar refractivity (Wildman–Crippen MR) is 163 cm³/mol. The van der Waals surface area contributed by atoms with Gasteiger partial charge in [0.2, 0.25) is 0 Å². The highest BCUT2D eigenvalue weighted by molar-refractivity contribution is 5.96. The number of aliphatic hydroxyl groups is 1. The molecule has 1 aromatic rings. The number of hydrogen-bond donors (Lipinski definition) is 3. The summed E-state index contributed by atoms with van der Waals surface area (Å²) in [7, 11) is 1.17. The highest BCUT2D eigenvalue weighted by Gasteiger charge is 2.65. The average Bonchev–Trinajstić information content (AvgIpc) is 3.28. The minimum absolute atomic E-state index is 0.00854. The minimum Gasteiger partial charge on any atom is -0.502 e. The van der Waals surface area contributed by atoms with Crippen LogP contribution in [0, 0.1) is 38.7 Å². The molecule has 7 atom stereocenters. The average molecular weight is 626 g/mol. The van der Waals surface area contributed by atoms with Crippen molar-refractivity contribution in [1.82, 2.24) is 5.32 Å². The number of amides is 1. The number of phenolic OH excluding ortho intramolecular Hbond substituents is 1. The Labute approximate surface area is 262 Å². The Kier molecular flexibility index (Phi) is 8.82. The third-order valence-electron chi connectivity index (χ3n) is 11.6. The molecule has 12 nitrogen and oxygen atoms in total. The standard InChI is InChI=1S/C33H43N3O9/c1-19(37)33(41)14-11-25-23-7-6-21-17-22(9-12-31(21,2)24(23)10-13-32(25,33)3)35-45-18-29(39)34-26(30(40)44-4)15-20-5-8-28(38)27(16-20)36(42)43/h5,8,16-17,23-26,38,41H,6-7,9-15,18H2,1-4H3,(H,34,39)/b35-22+/t23-,24+,25+,26+,31+,32+,33+/m1/s1. The SMILES string of the molecule is COC(=O)[C@H](Cc1ccc(O)c([N+](=O)[O-])c1)NC(=O)CO/N=C1/C=C2CC[C@@H]3[C@H](CC[C@@]4(C)[C@H]3CC[C@]4(O)C(C)=O)[C@@]2(C)CC1. The van der Waals surface area contributed by atoms with Gasteiger partial charge in [-0.05, 0) is 99.2 Å². The van der Waals surface area contributed by atoms with Gasteiger partial charge in [0, 0.05) is 17.9 Å². The number of nitrogens with zero attached hydrogens (tertiary/aromatic N) is 2. The van der Waals surface area contributed by atoms with Gasteiger partial charge in [0.25, 0.3) is 5.91 Å². The van der Waals surface area contributed by atoms with Crippen LogP contribution in [0.4, 0.5) is 5.69 Å². The van der Waals surface area contributed by atoms with Crippen LogP contribution in [0.3, 0.4) is 0 Å². The summed E-state index contributed by atoms with van der Waals surface area (Å²) in [6.45, 7) is 5.56. The molecule has 3 fully saturated rings. The van der Waals surface area contributed by atoms with Crippen LogP contribution in [0.2, 0.25) is 0 Å².